The third-order valence-electron chi connectivity index (χ3n) is 2.06. The minimum atomic E-state index is 0.622. The molecule has 5 heteroatoms. The molecule has 1 N–H and O–H groups in total. The summed E-state index contributed by atoms with van der Waals surface area (Å²) in [6.45, 7) is 4.46. The van der Waals surface area contributed by atoms with Crippen molar-refractivity contribution in [1.82, 2.24) is 14.8 Å². The Morgan fingerprint density at radius 1 is 1.50 bits per heavy atom. The molecule has 0 fully saturated rings. The first-order valence-corrected chi connectivity index (χ1v) is 4.75. The molecule has 74 valence electrons. The highest BCUT2D eigenvalue weighted by Crippen LogP contribution is 2.09. The summed E-state index contributed by atoms with van der Waals surface area (Å²) < 4.78 is 7.98. The third kappa shape index (κ3) is 1.63. The summed E-state index contributed by atoms with van der Waals surface area (Å²) in [4.78, 5) is 0. The van der Waals surface area contributed by atoms with Gasteiger partial charge in [-0.05, 0) is 38.2 Å². The molecule has 0 atom stereocenters. The van der Waals surface area contributed by atoms with E-state index in [0.717, 1.165) is 17.3 Å². The maximum absolute atomic E-state index is 5.46. The van der Waals surface area contributed by atoms with Crippen LogP contribution in [0.25, 0.3) is 0 Å². The topological polar surface area (TPSA) is 46.8 Å². The number of aromatic amines is 1. The largest absolute Gasteiger partial charge is 0.464 e. The van der Waals surface area contributed by atoms with Crippen LogP contribution in [0, 0.1) is 18.6 Å². The zero-order valence-electron chi connectivity index (χ0n) is 8.07. The van der Waals surface area contributed by atoms with E-state index in [1.54, 1.807) is 0 Å². The average Bonchev–Trinajstić information content (AvgIpc) is 2.67. The van der Waals surface area contributed by atoms with Crippen molar-refractivity contribution in [1.29, 1.82) is 0 Å². The predicted molar refractivity (Wildman–Crippen MR) is 54.7 cm³/mol. The summed E-state index contributed by atoms with van der Waals surface area (Å²) >= 11 is 5.08. The molecule has 0 bridgehead atoms. The molecule has 2 aromatic rings. The minimum Gasteiger partial charge on any atom is -0.464 e. The molecule has 0 spiro atoms. The van der Waals surface area contributed by atoms with Crippen LogP contribution in [0.4, 0.5) is 0 Å². The number of nitrogens with one attached hydrogen (secondary N) is 1. The van der Waals surface area contributed by atoms with Gasteiger partial charge in [0.05, 0.1) is 6.54 Å². The minimum absolute atomic E-state index is 0.622. The SMILES string of the molecule is Cc1ccc(Cn2c(C)n[nH]c2=S)o1. The molecule has 0 aromatic carbocycles. The van der Waals surface area contributed by atoms with Crippen molar-refractivity contribution in [2.45, 2.75) is 20.4 Å². The number of aromatic nitrogens is 3. The van der Waals surface area contributed by atoms with Gasteiger partial charge in [0.2, 0.25) is 0 Å². The summed E-state index contributed by atoms with van der Waals surface area (Å²) in [6.07, 6.45) is 0. The van der Waals surface area contributed by atoms with Crippen LogP contribution in [0.5, 0.6) is 0 Å². The van der Waals surface area contributed by atoms with Crippen molar-refractivity contribution in [3.8, 4) is 0 Å². The molecular weight excluding hydrogens is 198 g/mol. The Bertz CT molecular complexity index is 494. The van der Waals surface area contributed by atoms with E-state index in [9.17, 15) is 0 Å². The number of hydrogen-bond acceptors (Lipinski definition) is 3. The summed E-state index contributed by atoms with van der Waals surface area (Å²) in [5.74, 6) is 2.67. The summed E-state index contributed by atoms with van der Waals surface area (Å²) in [7, 11) is 0. The number of furan rings is 1. The number of rotatable bonds is 2. The van der Waals surface area contributed by atoms with Crippen LogP contribution in [0.2, 0.25) is 0 Å². The molecular formula is C9H11N3OS. The fourth-order valence-electron chi connectivity index (χ4n) is 1.31. The average molecular weight is 209 g/mol. The highest BCUT2D eigenvalue weighted by molar-refractivity contribution is 7.71. The van der Waals surface area contributed by atoms with E-state index in [-0.39, 0.29) is 0 Å². The van der Waals surface area contributed by atoms with Crippen molar-refractivity contribution >= 4 is 12.2 Å². The van der Waals surface area contributed by atoms with Gasteiger partial charge in [0.1, 0.15) is 17.3 Å². The van der Waals surface area contributed by atoms with Gasteiger partial charge in [-0.25, -0.2) is 0 Å². The Kier molecular flexibility index (Phi) is 2.25. The van der Waals surface area contributed by atoms with Crippen LogP contribution in [-0.4, -0.2) is 14.8 Å². The smallest absolute Gasteiger partial charge is 0.195 e. The summed E-state index contributed by atoms with van der Waals surface area (Å²) in [5, 5.41) is 6.76. The molecule has 2 rings (SSSR count). The normalized spacial score (nSPS) is 10.7. The Morgan fingerprint density at radius 3 is 2.79 bits per heavy atom. The fraction of sp³-hybridized carbons (Fsp3) is 0.333. The van der Waals surface area contributed by atoms with Gasteiger partial charge >= 0.3 is 0 Å². The molecule has 0 radical (unpaired) electrons. The first-order chi connectivity index (χ1) is 6.66. The van der Waals surface area contributed by atoms with E-state index >= 15 is 0 Å². The van der Waals surface area contributed by atoms with Crippen LogP contribution in [0.1, 0.15) is 17.3 Å². The lowest BCUT2D eigenvalue weighted by Crippen LogP contribution is -2.00. The molecule has 0 aliphatic heterocycles. The van der Waals surface area contributed by atoms with E-state index < -0.39 is 0 Å². The summed E-state index contributed by atoms with van der Waals surface area (Å²) in [6, 6.07) is 3.89. The molecule has 14 heavy (non-hydrogen) atoms. The molecule has 2 aromatic heterocycles. The highest BCUT2D eigenvalue weighted by Gasteiger charge is 2.04. The second-order valence-corrected chi connectivity index (χ2v) is 3.56. The van der Waals surface area contributed by atoms with Crippen molar-refractivity contribution < 1.29 is 4.42 Å². The van der Waals surface area contributed by atoms with Crippen molar-refractivity contribution in [2.75, 3.05) is 0 Å². The Hall–Kier alpha value is -1.36. The zero-order valence-corrected chi connectivity index (χ0v) is 8.89. The van der Waals surface area contributed by atoms with Gasteiger partial charge in [0, 0.05) is 0 Å². The molecule has 0 unspecified atom stereocenters. The van der Waals surface area contributed by atoms with Crippen LogP contribution in [-0.2, 0) is 6.54 Å². The van der Waals surface area contributed by atoms with Crippen LogP contribution >= 0.6 is 12.2 Å². The third-order valence-corrected chi connectivity index (χ3v) is 2.37. The lowest BCUT2D eigenvalue weighted by molar-refractivity contribution is 0.466. The Balaban J connectivity index is 2.31. The first kappa shape index (κ1) is 9.21. The van der Waals surface area contributed by atoms with Gasteiger partial charge in [0.25, 0.3) is 0 Å². The number of H-pyrrole nitrogens is 1. The van der Waals surface area contributed by atoms with Crippen LogP contribution in [0.3, 0.4) is 0 Å². The van der Waals surface area contributed by atoms with Gasteiger partial charge in [-0.2, -0.15) is 5.10 Å². The van der Waals surface area contributed by atoms with Crippen molar-refractivity contribution in [3.63, 3.8) is 0 Å². The van der Waals surface area contributed by atoms with E-state index in [1.807, 2.05) is 30.5 Å². The maximum atomic E-state index is 5.46. The van der Waals surface area contributed by atoms with E-state index in [0.29, 0.717) is 11.3 Å². The molecule has 0 aliphatic carbocycles. The number of aryl methyl sites for hydroxylation is 2. The lowest BCUT2D eigenvalue weighted by atomic mass is 10.4. The predicted octanol–water partition coefficient (Wildman–Crippen LogP) is 2.20. The Morgan fingerprint density at radius 2 is 2.29 bits per heavy atom. The quantitative estimate of drug-likeness (QED) is 0.771. The molecule has 0 aliphatic rings. The first-order valence-electron chi connectivity index (χ1n) is 4.34. The molecule has 4 nitrogen and oxygen atoms in total. The Labute approximate surface area is 86.6 Å². The number of hydrogen-bond donors (Lipinski definition) is 1. The van der Waals surface area contributed by atoms with Gasteiger partial charge in [-0.3, -0.25) is 9.67 Å². The zero-order chi connectivity index (χ0) is 10.1. The maximum Gasteiger partial charge on any atom is 0.195 e. The lowest BCUT2D eigenvalue weighted by Gasteiger charge is -1.99. The monoisotopic (exact) mass is 209 g/mol. The molecule has 0 amide bonds. The van der Waals surface area contributed by atoms with E-state index in [4.69, 9.17) is 16.6 Å². The number of nitrogens with zero attached hydrogens (tertiary/aromatic N) is 2. The van der Waals surface area contributed by atoms with E-state index in [2.05, 4.69) is 10.2 Å². The van der Waals surface area contributed by atoms with Gasteiger partial charge in [-0.15, -0.1) is 0 Å². The summed E-state index contributed by atoms with van der Waals surface area (Å²) in [5.41, 5.74) is 0. The van der Waals surface area contributed by atoms with Crippen LogP contribution in [0.15, 0.2) is 16.5 Å². The van der Waals surface area contributed by atoms with Crippen LogP contribution < -0.4 is 0 Å². The molecule has 0 saturated heterocycles. The van der Waals surface area contributed by atoms with Crippen molar-refractivity contribution in [3.05, 3.63) is 34.2 Å². The standard InChI is InChI=1S/C9H11N3OS/c1-6-3-4-8(13-6)5-12-7(2)10-11-9(12)14/h3-4H,5H2,1-2H3,(H,11,14). The van der Waals surface area contributed by atoms with Gasteiger partial charge in [-0.1, -0.05) is 0 Å². The van der Waals surface area contributed by atoms with Crippen molar-refractivity contribution in [2.24, 2.45) is 0 Å². The highest BCUT2D eigenvalue weighted by atomic mass is 32.1. The second-order valence-electron chi connectivity index (χ2n) is 3.17. The molecule has 0 saturated carbocycles. The van der Waals surface area contributed by atoms with Gasteiger partial charge < -0.3 is 4.42 Å². The van der Waals surface area contributed by atoms with Gasteiger partial charge in [0.15, 0.2) is 4.77 Å². The molecule has 2 heterocycles. The second kappa shape index (κ2) is 3.42. The van der Waals surface area contributed by atoms with E-state index in [1.165, 1.54) is 0 Å². The fourth-order valence-corrected chi connectivity index (χ4v) is 1.55.